The minimum atomic E-state index is -0.810. The number of phenols is 1. The van der Waals surface area contributed by atoms with Crippen molar-refractivity contribution >= 4 is 29.3 Å². The number of phenolic OH excluding ortho intramolecular Hbond substituents is 1. The summed E-state index contributed by atoms with van der Waals surface area (Å²) in [5, 5.41) is 9.81. The number of hydrogen-bond acceptors (Lipinski definition) is 6. The molecule has 1 unspecified atom stereocenters. The maximum atomic E-state index is 12.3. The van der Waals surface area contributed by atoms with Gasteiger partial charge in [-0.3, -0.25) is 9.79 Å². The summed E-state index contributed by atoms with van der Waals surface area (Å²) < 4.78 is 9.75. The molecular formula is C17H18ClNO5. The molecule has 0 amide bonds. The lowest BCUT2D eigenvalue weighted by molar-refractivity contribution is -0.143. The van der Waals surface area contributed by atoms with Crippen molar-refractivity contribution in [3.63, 3.8) is 0 Å². The Morgan fingerprint density at radius 1 is 1.21 bits per heavy atom. The number of aromatic hydroxyl groups is 1. The van der Waals surface area contributed by atoms with E-state index in [0.717, 1.165) is 0 Å². The fraction of sp³-hybridized carbons (Fsp3) is 0.353. The minimum Gasteiger partial charge on any atom is -0.508 e. The molecular weight excluding hydrogens is 334 g/mol. The molecule has 1 aliphatic heterocycles. The van der Waals surface area contributed by atoms with E-state index in [1.807, 2.05) is 0 Å². The zero-order valence-electron chi connectivity index (χ0n) is 13.8. The van der Waals surface area contributed by atoms with Crippen LogP contribution >= 0.6 is 11.6 Å². The lowest BCUT2D eigenvalue weighted by Gasteiger charge is -2.31. The molecule has 7 heteroatoms. The Morgan fingerprint density at radius 2 is 1.88 bits per heavy atom. The van der Waals surface area contributed by atoms with Crippen molar-refractivity contribution in [2.24, 2.45) is 10.9 Å². The quantitative estimate of drug-likeness (QED) is 0.846. The van der Waals surface area contributed by atoms with Gasteiger partial charge in [0.05, 0.1) is 19.8 Å². The van der Waals surface area contributed by atoms with E-state index in [1.165, 1.54) is 26.4 Å². The van der Waals surface area contributed by atoms with E-state index < -0.39 is 23.8 Å². The number of hydrogen-bond donors (Lipinski definition) is 1. The lowest BCUT2D eigenvalue weighted by Crippen LogP contribution is -2.36. The van der Waals surface area contributed by atoms with Gasteiger partial charge in [0.2, 0.25) is 0 Å². The number of carbonyl (C=O) groups excluding carboxylic acids is 2. The van der Waals surface area contributed by atoms with Gasteiger partial charge in [-0.1, -0.05) is 17.7 Å². The average Bonchev–Trinajstić information content (AvgIpc) is 2.53. The highest BCUT2D eigenvalue weighted by Gasteiger charge is 2.42. The molecule has 2 atom stereocenters. The molecule has 1 aromatic rings. The van der Waals surface area contributed by atoms with E-state index in [2.05, 4.69) is 4.99 Å². The predicted molar refractivity (Wildman–Crippen MR) is 89.2 cm³/mol. The van der Waals surface area contributed by atoms with Gasteiger partial charge >= 0.3 is 11.9 Å². The van der Waals surface area contributed by atoms with Crippen LogP contribution in [0.3, 0.4) is 0 Å². The van der Waals surface area contributed by atoms with Crippen LogP contribution in [-0.4, -0.2) is 37.0 Å². The molecule has 0 saturated carbocycles. The second kappa shape index (κ2) is 7.05. The van der Waals surface area contributed by atoms with E-state index in [0.29, 0.717) is 17.0 Å². The van der Waals surface area contributed by atoms with Crippen molar-refractivity contribution in [1.82, 2.24) is 0 Å². The zero-order valence-corrected chi connectivity index (χ0v) is 14.5. The summed E-state index contributed by atoms with van der Waals surface area (Å²) in [6.07, 6.45) is 0. The summed E-state index contributed by atoms with van der Waals surface area (Å²) in [7, 11) is 2.53. The third-order valence-corrected chi connectivity index (χ3v) is 4.34. The van der Waals surface area contributed by atoms with Gasteiger partial charge in [-0.2, -0.15) is 0 Å². The predicted octanol–water partition coefficient (Wildman–Crippen LogP) is 2.84. The zero-order chi connectivity index (χ0) is 18.0. The summed E-state index contributed by atoms with van der Waals surface area (Å²) in [6, 6.07) is 4.38. The first-order valence-corrected chi connectivity index (χ1v) is 7.60. The van der Waals surface area contributed by atoms with Crippen LogP contribution in [0.15, 0.2) is 34.5 Å². The standard InChI is InChI=1S/C17H18ClNO5/c1-8-13(16(21)23-3)15(11-6-5-10(20)7-12(11)18)14(9(2)19-8)17(22)24-4/h5-7,13,15,20H,1-4H3/t13?,15-/m1/s1. The second-order valence-electron chi connectivity index (χ2n) is 5.43. The van der Waals surface area contributed by atoms with E-state index in [-0.39, 0.29) is 16.3 Å². The summed E-state index contributed by atoms with van der Waals surface area (Å²) in [4.78, 5) is 28.9. The Labute approximate surface area is 144 Å². The number of carbonyl (C=O) groups is 2. The highest BCUT2D eigenvalue weighted by molar-refractivity contribution is 6.31. The van der Waals surface area contributed by atoms with Gasteiger partial charge in [0.15, 0.2) is 0 Å². The summed E-state index contributed by atoms with van der Waals surface area (Å²) >= 11 is 6.26. The largest absolute Gasteiger partial charge is 0.508 e. The van der Waals surface area contributed by atoms with Crippen LogP contribution in [0.2, 0.25) is 5.02 Å². The average molecular weight is 352 g/mol. The minimum absolute atomic E-state index is 0.0140. The molecule has 0 aromatic heterocycles. The second-order valence-corrected chi connectivity index (χ2v) is 5.84. The van der Waals surface area contributed by atoms with Gasteiger partial charge in [-0.15, -0.1) is 0 Å². The molecule has 0 bridgehead atoms. The normalized spacial score (nSPS) is 20.5. The molecule has 1 N–H and O–H groups in total. The number of rotatable bonds is 3. The summed E-state index contributed by atoms with van der Waals surface area (Å²) in [6.45, 7) is 3.37. The van der Waals surface area contributed by atoms with Gasteiger partial charge in [-0.05, 0) is 31.5 Å². The molecule has 128 valence electrons. The Bertz CT molecular complexity index is 753. The highest BCUT2D eigenvalue weighted by atomic mass is 35.5. The molecule has 0 aliphatic carbocycles. The van der Waals surface area contributed by atoms with Gasteiger partial charge < -0.3 is 14.6 Å². The van der Waals surface area contributed by atoms with Crippen molar-refractivity contribution in [1.29, 1.82) is 0 Å². The Balaban J connectivity index is 2.72. The fourth-order valence-electron chi connectivity index (χ4n) is 2.95. The van der Waals surface area contributed by atoms with Crippen molar-refractivity contribution in [3.8, 4) is 5.75 Å². The summed E-state index contributed by atoms with van der Waals surface area (Å²) in [5.41, 5.74) is 1.72. The van der Waals surface area contributed by atoms with Crippen molar-refractivity contribution < 1.29 is 24.2 Å². The van der Waals surface area contributed by atoms with Crippen molar-refractivity contribution in [2.75, 3.05) is 14.2 Å². The topological polar surface area (TPSA) is 85.2 Å². The van der Waals surface area contributed by atoms with Crippen LogP contribution in [-0.2, 0) is 19.1 Å². The van der Waals surface area contributed by atoms with Crippen LogP contribution in [0, 0.1) is 5.92 Å². The van der Waals surface area contributed by atoms with Gasteiger partial charge in [0.25, 0.3) is 0 Å². The number of allylic oxidation sites excluding steroid dienone is 1. The first kappa shape index (κ1) is 18.0. The molecule has 0 radical (unpaired) electrons. The third-order valence-electron chi connectivity index (χ3n) is 4.01. The monoisotopic (exact) mass is 351 g/mol. The van der Waals surface area contributed by atoms with E-state index in [9.17, 15) is 14.7 Å². The number of nitrogens with zero attached hydrogens (tertiary/aromatic N) is 1. The molecule has 1 aromatic carbocycles. The number of methoxy groups -OCH3 is 2. The summed E-state index contributed by atoms with van der Waals surface area (Å²) in [5.74, 6) is -2.66. The molecule has 0 saturated heterocycles. The number of aliphatic imine (C=N–C) groups is 1. The van der Waals surface area contributed by atoms with E-state index >= 15 is 0 Å². The van der Waals surface area contributed by atoms with Gasteiger partial charge in [-0.25, -0.2) is 4.79 Å². The molecule has 1 aliphatic rings. The first-order chi connectivity index (χ1) is 11.3. The Morgan fingerprint density at radius 3 is 2.42 bits per heavy atom. The third kappa shape index (κ3) is 3.14. The number of esters is 2. The molecule has 0 fully saturated rings. The van der Waals surface area contributed by atoms with E-state index in [4.69, 9.17) is 21.1 Å². The molecule has 0 spiro atoms. The van der Waals surface area contributed by atoms with Gasteiger partial charge in [0.1, 0.15) is 11.7 Å². The van der Waals surface area contributed by atoms with Crippen LogP contribution < -0.4 is 0 Å². The first-order valence-electron chi connectivity index (χ1n) is 7.22. The fourth-order valence-corrected chi connectivity index (χ4v) is 3.24. The maximum Gasteiger partial charge on any atom is 0.336 e. The Hall–Kier alpha value is -2.34. The Kier molecular flexibility index (Phi) is 5.29. The van der Waals surface area contributed by atoms with Crippen LogP contribution in [0.1, 0.15) is 25.3 Å². The smallest absolute Gasteiger partial charge is 0.336 e. The van der Waals surface area contributed by atoms with Crippen LogP contribution in [0.4, 0.5) is 0 Å². The van der Waals surface area contributed by atoms with Crippen molar-refractivity contribution in [2.45, 2.75) is 19.8 Å². The van der Waals surface area contributed by atoms with Gasteiger partial charge in [0, 0.05) is 22.3 Å². The van der Waals surface area contributed by atoms with Crippen molar-refractivity contribution in [3.05, 3.63) is 40.1 Å². The molecule has 2 rings (SSSR count). The van der Waals surface area contributed by atoms with E-state index in [1.54, 1.807) is 19.9 Å². The van der Waals surface area contributed by atoms with Crippen LogP contribution in [0.25, 0.3) is 0 Å². The maximum absolute atomic E-state index is 12.3. The number of halogens is 1. The highest BCUT2D eigenvalue weighted by Crippen LogP contribution is 2.43. The molecule has 1 heterocycles. The molecule has 24 heavy (non-hydrogen) atoms. The van der Waals surface area contributed by atoms with Crippen LogP contribution in [0.5, 0.6) is 5.75 Å². The number of benzene rings is 1. The SMILES string of the molecule is COC(=O)C1=C(C)N=C(C)C(C(=O)OC)[C@H]1c1ccc(O)cc1Cl. The molecule has 6 nitrogen and oxygen atoms in total. The lowest BCUT2D eigenvalue weighted by atomic mass is 9.75. The number of ether oxygens (including phenoxy) is 2.